The number of rotatable bonds is 2. The minimum Gasteiger partial charge on any atom is -0.389 e. The van der Waals surface area contributed by atoms with Crippen LogP contribution in [0.25, 0.3) is 0 Å². The van der Waals surface area contributed by atoms with E-state index < -0.39 is 6.29 Å². The molecule has 1 aromatic carbocycles. The third-order valence-corrected chi connectivity index (χ3v) is 3.36. The molecule has 2 heterocycles. The second-order valence-electron chi connectivity index (χ2n) is 4.69. The summed E-state index contributed by atoms with van der Waals surface area (Å²) in [7, 11) is 0. The molecule has 0 saturated carbocycles. The Balaban J connectivity index is 1.74. The summed E-state index contributed by atoms with van der Waals surface area (Å²) < 4.78 is 11.4. The van der Waals surface area contributed by atoms with Crippen LogP contribution >= 0.6 is 0 Å². The second-order valence-corrected chi connectivity index (χ2v) is 4.69. The van der Waals surface area contributed by atoms with E-state index in [1.165, 1.54) is 6.92 Å². The lowest BCUT2D eigenvalue weighted by atomic mass is 9.96. The number of ether oxygens (including phenoxy) is 2. The zero-order chi connectivity index (χ0) is 13.2. The Morgan fingerprint density at radius 1 is 1.21 bits per heavy atom. The van der Waals surface area contributed by atoms with E-state index in [1.54, 1.807) is 0 Å². The first-order chi connectivity index (χ1) is 9.25. The minimum atomic E-state index is -0.413. The van der Waals surface area contributed by atoms with Gasteiger partial charge in [-0.25, -0.2) is 0 Å². The number of oxime groups is 1. The topological polar surface area (TPSA) is 57.1 Å². The molecule has 0 N–H and O–H groups in total. The number of ketones is 1. The Morgan fingerprint density at radius 2 is 1.95 bits per heavy atom. The molecule has 0 radical (unpaired) electrons. The molecule has 3 atom stereocenters. The molecule has 0 unspecified atom stereocenters. The van der Waals surface area contributed by atoms with Crippen LogP contribution in [0.15, 0.2) is 35.5 Å². The van der Waals surface area contributed by atoms with Crippen LogP contribution in [0.3, 0.4) is 0 Å². The molecule has 19 heavy (non-hydrogen) atoms. The summed E-state index contributed by atoms with van der Waals surface area (Å²) in [5.41, 5.74) is 1.41. The highest BCUT2D eigenvalue weighted by molar-refractivity contribution is 6.40. The number of nitrogens with zero attached hydrogens (tertiary/aromatic N) is 1. The predicted octanol–water partition coefficient (Wildman–Crippen LogP) is 1.69. The molecule has 1 fully saturated rings. The van der Waals surface area contributed by atoms with Gasteiger partial charge in [0.1, 0.15) is 5.71 Å². The molecular formula is C14H15NO4. The lowest BCUT2D eigenvalue weighted by Gasteiger charge is -2.15. The monoisotopic (exact) mass is 261 g/mol. The van der Waals surface area contributed by atoms with Crippen LogP contribution in [-0.4, -0.2) is 30.8 Å². The Morgan fingerprint density at radius 3 is 2.68 bits per heavy atom. The van der Waals surface area contributed by atoms with Crippen molar-refractivity contribution in [1.82, 2.24) is 0 Å². The summed E-state index contributed by atoms with van der Waals surface area (Å²) in [6.45, 7) is 2.23. The molecule has 5 heteroatoms. The minimum absolute atomic E-state index is 0.0748. The molecule has 2 aliphatic rings. The van der Waals surface area contributed by atoms with Gasteiger partial charge in [0.25, 0.3) is 0 Å². The molecule has 0 aliphatic carbocycles. The van der Waals surface area contributed by atoms with Crippen molar-refractivity contribution >= 4 is 11.5 Å². The highest BCUT2D eigenvalue weighted by atomic mass is 16.7. The van der Waals surface area contributed by atoms with Crippen molar-refractivity contribution < 1.29 is 19.1 Å². The van der Waals surface area contributed by atoms with Crippen molar-refractivity contribution in [3.05, 3.63) is 35.9 Å². The molecule has 0 amide bonds. The van der Waals surface area contributed by atoms with E-state index >= 15 is 0 Å². The molecule has 0 aromatic heterocycles. The summed E-state index contributed by atoms with van der Waals surface area (Å²) in [5.74, 6) is -0.208. The fourth-order valence-electron chi connectivity index (χ4n) is 2.32. The lowest BCUT2D eigenvalue weighted by molar-refractivity contribution is -0.139. The number of Topliss-reactive ketones (excluding diaryl/α,β-unsaturated/α-hetero) is 1. The molecule has 2 aliphatic heterocycles. The maximum Gasteiger partial charge on any atom is 0.184 e. The van der Waals surface area contributed by atoms with Gasteiger partial charge in [-0.3, -0.25) is 4.79 Å². The standard InChI is InChI=1S/C14H15NO4/c1-9(16)13-11-7-17-14(10-5-3-2-4-6-10)18-8-12(11)19-15-13/h2-6,11-12,14H,7-8H2,1H3/t11-,12-,14-/m1/s1. The van der Waals surface area contributed by atoms with Gasteiger partial charge in [-0.15, -0.1) is 0 Å². The molecule has 3 rings (SSSR count). The zero-order valence-corrected chi connectivity index (χ0v) is 10.6. The van der Waals surface area contributed by atoms with Gasteiger partial charge in [-0.2, -0.15) is 0 Å². The van der Waals surface area contributed by atoms with Crippen molar-refractivity contribution in [2.75, 3.05) is 13.2 Å². The first-order valence-corrected chi connectivity index (χ1v) is 6.28. The largest absolute Gasteiger partial charge is 0.389 e. The summed E-state index contributed by atoms with van der Waals surface area (Å²) >= 11 is 0. The zero-order valence-electron chi connectivity index (χ0n) is 10.6. The van der Waals surface area contributed by atoms with E-state index in [2.05, 4.69) is 5.16 Å². The highest BCUT2D eigenvalue weighted by Crippen LogP contribution is 2.29. The van der Waals surface area contributed by atoms with E-state index in [4.69, 9.17) is 14.3 Å². The smallest absolute Gasteiger partial charge is 0.184 e. The van der Waals surface area contributed by atoms with Gasteiger partial charge in [-0.1, -0.05) is 35.5 Å². The first-order valence-electron chi connectivity index (χ1n) is 6.28. The first kappa shape index (κ1) is 12.3. The van der Waals surface area contributed by atoms with Crippen LogP contribution in [0.4, 0.5) is 0 Å². The fraction of sp³-hybridized carbons (Fsp3) is 0.429. The van der Waals surface area contributed by atoms with Gasteiger partial charge in [0.05, 0.1) is 19.1 Å². The third-order valence-electron chi connectivity index (χ3n) is 3.36. The van der Waals surface area contributed by atoms with E-state index in [1.807, 2.05) is 30.3 Å². The van der Waals surface area contributed by atoms with Gasteiger partial charge in [0, 0.05) is 12.5 Å². The van der Waals surface area contributed by atoms with Crippen molar-refractivity contribution in [1.29, 1.82) is 0 Å². The molecule has 1 aromatic rings. The van der Waals surface area contributed by atoms with Gasteiger partial charge >= 0.3 is 0 Å². The molecule has 100 valence electrons. The molecule has 5 nitrogen and oxygen atoms in total. The van der Waals surface area contributed by atoms with Crippen molar-refractivity contribution in [2.45, 2.75) is 19.3 Å². The molecular weight excluding hydrogens is 246 g/mol. The van der Waals surface area contributed by atoms with Crippen LogP contribution in [0.2, 0.25) is 0 Å². The second kappa shape index (κ2) is 5.11. The van der Waals surface area contributed by atoms with E-state index in [0.717, 1.165) is 5.56 Å². The van der Waals surface area contributed by atoms with Crippen LogP contribution in [0, 0.1) is 5.92 Å². The number of benzene rings is 1. The molecule has 0 bridgehead atoms. The van der Waals surface area contributed by atoms with Crippen LogP contribution < -0.4 is 0 Å². The number of hydrogen-bond acceptors (Lipinski definition) is 5. The maximum absolute atomic E-state index is 11.5. The summed E-state index contributed by atoms with van der Waals surface area (Å²) in [4.78, 5) is 16.7. The van der Waals surface area contributed by atoms with E-state index in [9.17, 15) is 4.79 Å². The molecule has 1 saturated heterocycles. The summed E-state index contributed by atoms with van der Waals surface area (Å²) in [5, 5.41) is 3.83. The average Bonchev–Trinajstić information content (AvgIpc) is 2.72. The Bertz CT molecular complexity index is 499. The third kappa shape index (κ3) is 2.39. The number of carbonyl (C=O) groups excluding carboxylic acids is 1. The number of hydrogen-bond donors (Lipinski definition) is 0. The number of carbonyl (C=O) groups is 1. The van der Waals surface area contributed by atoms with Crippen LogP contribution in [-0.2, 0) is 19.1 Å². The van der Waals surface area contributed by atoms with Crippen LogP contribution in [0.5, 0.6) is 0 Å². The van der Waals surface area contributed by atoms with Gasteiger partial charge in [-0.05, 0) is 0 Å². The van der Waals surface area contributed by atoms with E-state index in [0.29, 0.717) is 18.9 Å². The van der Waals surface area contributed by atoms with Gasteiger partial charge in [0.2, 0.25) is 0 Å². The van der Waals surface area contributed by atoms with Crippen molar-refractivity contribution in [3.63, 3.8) is 0 Å². The number of fused-ring (bicyclic) bond motifs is 1. The summed E-state index contributed by atoms with van der Waals surface area (Å²) in [6, 6.07) is 9.72. The SMILES string of the molecule is CC(=O)C1=NO[C@@H]2CO[C@H](c3ccccc3)OC[C@@H]12. The van der Waals surface area contributed by atoms with Crippen molar-refractivity contribution in [2.24, 2.45) is 11.1 Å². The Labute approximate surface area is 111 Å². The highest BCUT2D eigenvalue weighted by Gasteiger charge is 2.40. The van der Waals surface area contributed by atoms with Gasteiger partial charge < -0.3 is 14.3 Å². The predicted molar refractivity (Wildman–Crippen MR) is 67.6 cm³/mol. The lowest BCUT2D eigenvalue weighted by Crippen LogP contribution is -2.31. The van der Waals surface area contributed by atoms with E-state index in [-0.39, 0.29) is 17.8 Å². The maximum atomic E-state index is 11.5. The Hall–Kier alpha value is -1.72. The summed E-state index contributed by atoms with van der Waals surface area (Å²) in [6.07, 6.45) is -0.642. The van der Waals surface area contributed by atoms with Crippen LogP contribution in [0.1, 0.15) is 18.8 Å². The van der Waals surface area contributed by atoms with Crippen molar-refractivity contribution in [3.8, 4) is 0 Å². The van der Waals surface area contributed by atoms with Gasteiger partial charge in [0.15, 0.2) is 18.2 Å². The Kier molecular flexibility index (Phi) is 3.31. The fourth-order valence-corrected chi connectivity index (χ4v) is 2.32. The molecule has 0 spiro atoms. The normalized spacial score (nSPS) is 29.9. The average molecular weight is 261 g/mol. The quantitative estimate of drug-likeness (QED) is 0.813.